The fourth-order valence-corrected chi connectivity index (χ4v) is 1.88. The Balaban J connectivity index is 2.36. The first-order valence-corrected chi connectivity index (χ1v) is 5.50. The Kier molecular flexibility index (Phi) is 2.49. The number of benzene rings is 1. The second-order valence-electron chi connectivity index (χ2n) is 3.91. The molecule has 0 unspecified atom stereocenters. The molecule has 0 bridgehead atoms. The number of hydrogen-bond acceptors (Lipinski definition) is 3. The SMILES string of the molecule is O=C(O)c1cc(-c2ccccc2F)n2nccc2n1. The summed E-state index contributed by atoms with van der Waals surface area (Å²) in [6, 6.07) is 8.99. The number of hydrogen-bond donors (Lipinski definition) is 1. The van der Waals surface area contributed by atoms with E-state index in [1.807, 2.05) is 0 Å². The molecule has 0 amide bonds. The van der Waals surface area contributed by atoms with Crippen molar-refractivity contribution in [2.24, 2.45) is 0 Å². The summed E-state index contributed by atoms with van der Waals surface area (Å²) >= 11 is 0. The molecule has 5 nitrogen and oxygen atoms in total. The molecule has 0 aliphatic heterocycles. The van der Waals surface area contributed by atoms with Gasteiger partial charge in [0.15, 0.2) is 11.3 Å². The van der Waals surface area contributed by atoms with Crippen molar-refractivity contribution in [3.05, 3.63) is 54.1 Å². The van der Waals surface area contributed by atoms with Gasteiger partial charge in [0.05, 0.1) is 11.9 Å². The molecule has 1 aromatic carbocycles. The minimum atomic E-state index is -1.17. The zero-order valence-corrected chi connectivity index (χ0v) is 9.62. The summed E-state index contributed by atoms with van der Waals surface area (Å²) in [4.78, 5) is 15.0. The third kappa shape index (κ3) is 1.83. The molecule has 0 saturated carbocycles. The fourth-order valence-electron chi connectivity index (χ4n) is 1.88. The highest BCUT2D eigenvalue weighted by Gasteiger charge is 2.14. The highest BCUT2D eigenvalue weighted by atomic mass is 19.1. The molecule has 19 heavy (non-hydrogen) atoms. The molecule has 0 atom stereocenters. The molecule has 1 N–H and O–H groups in total. The van der Waals surface area contributed by atoms with Crippen LogP contribution in [0.25, 0.3) is 16.9 Å². The maximum atomic E-state index is 13.8. The summed E-state index contributed by atoms with van der Waals surface area (Å²) < 4.78 is 15.2. The quantitative estimate of drug-likeness (QED) is 0.764. The van der Waals surface area contributed by atoms with Crippen LogP contribution in [0.1, 0.15) is 10.5 Å². The maximum absolute atomic E-state index is 13.8. The molecule has 0 aliphatic carbocycles. The monoisotopic (exact) mass is 257 g/mol. The number of carboxylic acid groups (broad SMARTS) is 1. The summed E-state index contributed by atoms with van der Waals surface area (Å²) in [6.45, 7) is 0. The van der Waals surface area contributed by atoms with E-state index in [2.05, 4.69) is 10.1 Å². The Labute approximate surface area is 107 Å². The first-order valence-electron chi connectivity index (χ1n) is 5.50. The van der Waals surface area contributed by atoms with Gasteiger partial charge in [-0.3, -0.25) is 0 Å². The summed E-state index contributed by atoms with van der Waals surface area (Å²) in [7, 11) is 0. The average molecular weight is 257 g/mol. The minimum absolute atomic E-state index is 0.147. The lowest BCUT2D eigenvalue weighted by Gasteiger charge is -2.07. The number of rotatable bonds is 2. The van der Waals surface area contributed by atoms with E-state index in [4.69, 9.17) is 5.11 Å². The zero-order valence-electron chi connectivity index (χ0n) is 9.62. The van der Waals surface area contributed by atoms with Gasteiger partial charge in [-0.25, -0.2) is 18.7 Å². The van der Waals surface area contributed by atoms with Gasteiger partial charge in [-0.1, -0.05) is 12.1 Å². The molecule has 0 aliphatic rings. The molecule has 3 aromatic rings. The van der Waals surface area contributed by atoms with E-state index >= 15 is 0 Å². The molecule has 0 saturated heterocycles. The van der Waals surface area contributed by atoms with Crippen molar-refractivity contribution in [3.63, 3.8) is 0 Å². The number of nitrogens with zero attached hydrogens (tertiary/aromatic N) is 3. The predicted octanol–water partition coefficient (Wildman–Crippen LogP) is 2.23. The number of fused-ring (bicyclic) bond motifs is 1. The standard InChI is InChI=1S/C13H8FN3O2/c14-9-4-2-1-3-8(9)11-7-10(13(18)19)16-12-5-6-15-17(11)12/h1-7H,(H,18,19). The molecule has 94 valence electrons. The molecule has 2 aromatic heterocycles. The Morgan fingerprint density at radius 2 is 2.05 bits per heavy atom. The lowest BCUT2D eigenvalue weighted by molar-refractivity contribution is 0.0690. The summed E-state index contributed by atoms with van der Waals surface area (Å²) in [5, 5.41) is 13.1. The Hall–Kier alpha value is -2.76. The highest BCUT2D eigenvalue weighted by Crippen LogP contribution is 2.23. The van der Waals surface area contributed by atoms with E-state index in [0.717, 1.165) is 0 Å². The second-order valence-corrected chi connectivity index (χ2v) is 3.91. The van der Waals surface area contributed by atoms with Crippen LogP contribution in [0.3, 0.4) is 0 Å². The van der Waals surface area contributed by atoms with Crippen molar-refractivity contribution >= 4 is 11.6 Å². The van der Waals surface area contributed by atoms with E-state index in [0.29, 0.717) is 11.3 Å². The van der Waals surface area contributed by atoms with Gasteiger partial charge < -0.3 is 5.11 Å². The number of halogens is 1. The van der Waals surface area contributed by atoms with E-state index in [1.165, 1.54) is 22.8 Å². The summed E-state index contributed by atoms with van der Waals surface area (Å²) in [5.74, 6) is -1.61. The molecular formula is C13H8FN3O2. The first kappa shape index (κ1) is 11.3. The summed E-state index contributed by atoms with van der Waals surface area (Å²) in [5.41, 5.74) is 0.844. The van der Waals surface area contributed by atoms with Gasteiger partial charge in [0.2, 0.25) is 0 Å². The number of carboxylic acids is 1. The smallest absolute Gasteiger partial charge is 0.354 e. The van der Waals surface area contributed by atoms with Crippen LogP contribution in [0.4, 0.5) is 4.39 Å². The normalized spacial score (nSPS) is 10.8. The van der Waals surface area contributed by atoms with E-state index in [1.54, 1.807) is 24.3 Å². The molecule has 0 spiro atoms. The minimum Gasteiger partial charge on any atom is -0.477 e. The Bertz CT molecular complexity index is 782. The van der Waals surface area contributed by atoms with E-state index in [9.17, 15) is 9.18 Å². The molecule has 0 radical (unpaired) electrons. The highest BCUT2D eigenvalue weighted by molar-refractivity contribution is 5.87. The molecule has 6 heteroatoms. The van der Waals surface area contributed by atoms with Crippen LogP contribution in [-0.4, -0.2) is 25.7 Å². The van der Waals surface area contributed by atoms with Crippen LogP contribution in [0.5, 0.6) is 0 Å². The van der Waals surface area contributed by atoms with Gasteiger partial charge in [0.1, 0.15) is 5.82 Å². The van der Waals surface area contributed by atoms with Crippen LogP contribution in [0.2, 0.25) is 0 Å². The lowest BCUT2D eigenvalue weighted by Crippen LogP contribution is -2.05. The second kappa shape index (κ2) is 4.16. The molecule has 0 fully saturated rings. The Morgan fingerprint density at radius 3 is 2.79 bits per heavy atom. The van der Waals surface area contributed by atoms with Crippen molar-refractivity contribution in [3.8, 4) is 11.3 Å². The Morgan fingerprint density at radius 1 is 1.26 bits per heavy atom. The maximum Gasteiger partial charge on any atom is 0.354 e. The van der Waals surface area contributed by atoms with Crippen LogP contribution in [0, 0.1) is 5.82 Å². The fraction of sp³-hybridized carbons (Fsp3) is 0. The van der Waals surface area contributed by atoms with Gasteiger partial charge in [-0.05, 0) is 18.2 Å². The van der Waals surface area contributed by atoms with Crippen molar-refractivity contribution in [1.29, 1.82) is 0 Å². The van der Waals surface area contributed by atoms with Gasteiger partial charge >= 0.3 is 5.97 Å². The van der Waals surface area contributed by atoms with E-state index < -0.39 is 11.8 Å². The number of aromatic carboxylic acids is 1. The third-order valence-corrected chi connectivity index (χ3v) is 2.73. The topological polar surface area (TPSA) is 67.5 Å². The van der Waals surface area contributed by atoms with Gasteiger partial charge in [-0.15, -0.1) is 0 Å². The van der Waals surface area contributed by atoms with Crippen LogP contribution in [-0.2, 0) is 0 Å². The van der Waals surface area contributed by atoms with Gasteiger partial charge in [0, 0.05) is 11.6 Å². The molecular weight excluding hydrogens is 249 g/mol. The molecule has 2 heterocycles. The molecule has 3 rings (SSSR count). The van der Waals surface area contributed by atoms with Crippen molar-refractivity contribution < 1.29 is 14.3 Å². The number of aromatic nitrogens is 3. The van der Waals surface area contributed by atoms with Crippen LogP contribution >= 0.6 is 0 Å². The van der Waals surface area contributed by atoms with Crippen molar-refractivity contribution in [1.82, 2.24) is 14.6 Å². The van der Waals surface area contributed by atoms with Gasteiger partial charge in [-0.2, -0.15) is 5.10 Å². The summed E-state index contributed by atoms with van der Waals surface area (Å²) in [6.07, 6.45) is 1.48. The lowest BCUT2D eigenvalue weighted by atomic mass is 10.1. The first-order chi connectivity index (χ1) is 9.16. The third-order valence-electron chi connectivity index (χ3n) is 2.73. The van der Waals surface area contributed by atoms with Crippen LogP contribution in [0.15, 0.2) is 42.6 Å². The van der Waals surface area contributed by atoms with E-state index in [-0.39, 0.29) is 11.3 Å². The number of carbonyl (C=O) groups is 1. The van der Waals surface area contributed by atoms with Crippen molar-refractivity contribution in [2.45, 2.75) is 0 Å². The van der Waals surface area contributed by atoms with Crippen LogP contribution < -0.4 is 0 Å². The predicted molar refractivity (Wildman–Crippen MR) is 65.3 cm³/mol. The largest absolute Gasteiger partial charge is 0.477 e. The average Bonchev–Trinajstić information content (AvgIpc) is 2.86. The van der Waals surface area contributed by atoms with Crippen molar-refractivity contribution in [2.75, 3.05) is 0 Å². The van der Waals surface area contributed by atoms with Gasteiger partial charge in [0.25, 0.3) is 0 Å². The zero-order chi connectivity index (χ0) is 13.4.